The van der Waals surface area contributed by atoms with E-state index in [-0.39, 0.29) is 23.6 Å². The number of benzene rings is 2. The summed E-state index contributed by atoms with van der Waals surface area (Å²) in [5, 5.41) is 3.08. The fraction of sp³-hybridized carbons (Fsp3) is 0.500. The molecule has 0 radical (unpaired) electrons. The van der Waals surface area contributed by atoms with Crippen LogP contribution < -0.4 is 14.8 Å². The van der Waals surface area contributed by atoms with Crippen LogP contribution in [-0.2, 0) is 20.6 Å². The van der Waals surface area contributed by atoms with Gasteiger partial charge in [0.05, 0.1) is 25.0 Å². The van der Waals surface area contributed by atoms with Crippen molar-refractivity contribution in [2.24, 2.45) is 5.92 Å². The highest BCUT2D eigenvalue weighted by Gasteiger charge is 2.31. The molecular formula is C26H36N2O5S. The van der Waals surface area contributed by atoms with Crippen LogP contribution in [0.25, 0.3) is 0 Å². The third-order valence-corrected chi connectivity index (χ3v) is 7.93. The molecule has 1 fully saturated rings. The van der Waals surface area contributed by atoms with Gasteiger partial charge in [0.15, 0.2) is 11.5 Å². The number of carbonyl (C=O) groups excluding carboxylic acids is 1. The fourth-order valence-electron chi connectivity index (χ4n) is 4.25. The number of hydrogen-bond donors (Lipinski definition) is 1. The van der Waals surface area contributed by atoms with Crippen molar-refractivity contribution in [1.82, 2.24) is 9.62 Å². The zero-order chi connectivity index (χ0) is 24.7. The third-order valence-electron chi connectivity index (χ3n) is 6.08. The maximum atomic E-state index is 12.9. The lowest BCUT2D eigenvalue weighted by Crippen LogP contribution is -2.43. The Morgan fingerprint density at radius 3 is 2.38 bits per heavy atom. The van der Waals surface area contributed by atoms with Crippen LogP contribution >= 0.6 is 0 Å². The van der Waals surface area contributed by atoms with Crippen LogP contribution in [0.1, 0.15) is 56.3 Å². The summed E-state index contributed by atoms with van der Waals surface area (Å²) in [6, 6.07) is 13.1. The van der Waals surface area contributed by atoms with E-state index in [2.05, 4.69) is 5.32 Å². The quantitative estimate of drug-likeness (QED) is 0.542. The van der Waals surface area contributed by atoms with Gasteiger partial charge in [0.2, 0.25) is 15.9 Å². The first kappa shape index (κ1) is 26.0. The van der Waals surface area contributed by atoms with E-state index in [1.165, 1.54) is 4.31 Å². The molecule has 2 aromatic rings. The first-order chi connectivity index (χ1) is 16.2. The maximum Gasteiger partial charge on any atom is 0.223 e. The molecule has 0 aliphatic carbocycles. The topological polar surface area (TPSA) is 84.9 Å². The second-order valence-corrected chi connectivity index (χ2v) is 10.7. The predicted octanol–water partition coefficient (Wildman–Crippen LogP) is 4.21. The molecule has 0 unspecified atom stereocenters. The summed E-state index contributed by atoms with van der Waals surface area (Å²) in [6.07, 6.45) is 1.03. The highest BCUT2D eigenvalue weighted by molar-refractivity contribution is 7.88. The summed E-state index contributed by atoms with van der Waals surface area (Å²) in [5.41, 5.74) is 2.76. The van der Waals surface area contributed by atoms with Crippen LogP contribution in [0.5, 0.6) is 11.5 Å². The average molecular weight is 489 g/mol. The minimum Gasteiger partial charge on any atom is -0.490 e. The summed E-state index contributed by atoms with van der Waals surface area (Å²) in [4.78, 5) is 12.9. The van der Waals surface area contributed by atoms with Gasteiger partial charge >= 0.3 is 0 Å². The van der Waals surface area contributed by atoms with E-state index < -0.39 is 10.0 Å². The number of amides is 1. The molecule has 0 bridgehead atoms. The average Bonchev–Trinajstić information content (AvgIpc) is 2.80. The van der Waals surface area contributed by atoms with Gasteiger partial charge in [0.25, 0.3) is 0 Å². The molecule has 3 rings (SSSR count). The van der Waals surface area contributed by atoms with Crippen molar-refractivity contribution < 1.29 is 22.7 Å². The molecule has 0 spiro atoms. The van der Waals surface area contributed by atoms with E-state index in [4.69, 9.17) is 9.47 Å². The largest absolute Gasteiger partial charge is 0.490 e. The Hall–Kier alpha value is -2.58. The Balaban J connectivity index is 1.56. The Kier molecular flexibility index (Phi) is 8.97. The number of rotatable bonds is 10. The number of carbonyl (C=O) groups is 1. The first-order valence-corrected chi connectivity index (χ1v) is 13.6. The number of nitrogens with one attached hydrogen (secondary N) is 1. The van der Waals surface area contributed by atoms with Crippen LogP contribution in [-0.4, -0.2) is 44.9 Å². The van der Waals surface area contributed by atoms with Gasteiger partial charge in [-0.1, -0.05) is 35.9 Å². The van der Waals surface area contributed by atoms with Crippen LogP contribution in [0.2, 0.25) is 0 Å². The van der Waals surface area contributed by atoms with E-state index in [1.54, 1.807) is 0 Å². The molecule has 1 aliphatic rings. The molecule has 0 saturated carbocycles. The summed E-state index contributed by atoms with van der Waals surface area (Å²) < 4.78 is 38.6. The lowest BCUT2D eigenvalue weighted by Gasteiger charge is -2.31. The van der Waals surface area contributed by atoms with Crippen molar-refractivity contribution in [2.45, 2.75) is 52.3 Å². The van der Waals surface area contributed by atoms with Crippen LogP contribution in [0.3, 0.4) is 0 Å². The Labute approximate surface area is 203 Å². The summed E-state index contributed by atoms with van der Waals surface area (Å²) in [6.45, 7) is 9.51. The molecule has 1 atom stereocenters. The SMILES string of the molecule is CCOc1ccc([C@H](C)NC(=O)C2CCN(S(=O)(=O)Cc3cccc(C)c3)CC2)cc1OCC. The molecule has 2 aromatic carbocycles. The Morgan fingerprint density at radius 1 is 1.06 bits per heavy atom. The monoisotopic (exact) mass is 488 g/mol. The van der Waals surface area contributed by atoms with Crippen LogP contribution in [0.15, 0.2) is 42.5 Å². The molecule has 1 amide bonds. The number of nitrogens with zero attached hydrogens (tertiary/aromatic N) is 1. The van der Waals surface area contributed by atoms with Crippen molar-refractivity contribution in [2.75, 3.05) is 26.3 Å². The van der Waals surface area contributed by atoms with Crippen molar-refractivity contribution in [3.05, 3.63) is 59.2 Å². The normalized spacial score (nSPS) is 16.1. The standard InChI is InChI=1S/C26H36N2O5S/c1-5-32-24-11-10-23(17-25(24)33-6-2)20(4)27-26(29)22-12-14-28(15-13-22)34(30,31)18-21-9-7-8-19(3)16-21/h7-11,16-17,20,22H,5-6,12-15,18H2,1-4H3,(H,27,29)/t20-/m0/s1. The Bertz CT molecular complexity index is 1080. The summed E-state index contributed by atoms with van der Waals surface area (Å²) in [5.74, 6) is 1.08. The number of hydrogen-bond acceptors (Lipinski definition) is 5. The van der Waals surface area contributed by atoms with Crippen LogP contribution in [0.4, 0.5) is 0 Å². The van der Waals surface area contributed by atoms with Gasteiger partial charge in [-0.2, -0.15) is 0 Å². The zero-order valence-corrected chi connectivity index (χ0v) is 21.4. The summed E-state index contributed by atoms with van der Waals surface area (Å²) in [7, 11) is -3.41. The zero-order valence-electron chi connectivity index (χ0n) is 20.5. The van der Waals surface area contributed by atoms with Gasteiger partial charge in [0, 0.05) is 19.0 Å². The third kappa shape index (κ3) is 6.73. The second-order valence-electron chi connectivity index (χ2n) is 8.72. The smallest absolute Gasteiger partial charge is 0.223 e. The number of ether oxygens (including phenoxy) is 2. The van der Waals surface area contributed by atoms with E-state index in [9.17, 15) is 13.2 Å². The van der Waals surface area contributed by atoms with Crippen molar-refractivity contribution >= 4 is 15.9 Å². The molecule has 1 aliphatic heterocycles. The second kappa shape index (κ2) is 11.7. The lowest BCUT2D eigenvalue weighted by atomic mass is 9.96. The van der Waals surface area contributed by atoms with Gasteiger partial charge in [-0.3, -0.25) is 4.79 Å². The molecule has 1 heterocycles. The molecule has 0 aromatic heterocycles. The number of piperidine rings is 1. The summed E-state index contributed by atoms with van der Waals surface area (Å²) >= 11 is 0. The minimum atomic E-state index is -3.41. The van der Waals surface area contributed by atoms with Gasteiger partial charge in [-0.25, -0.2) is 12.7 Å². The fourth-order valence-corrected chi connectivity index (χ4v) is 5.80. The predicted molar refractivity (Wildman–Crippen MR) is 133 cm³/mol. The van der Waals surface area contributed by atoms with Crippen LogP contribution in [0, 0.1) is 12.8 Å². The molecule has 1 saturated heterocycles. The maximum absolute atomic E-state index is 12.9. The highest BCUT2D eigenvalue weighted by Crippen LogP contribution is 2.31. The van der Waals surface area contributed by atoms with E-state index in [1.807, 2.05) is 70.2 Å². The van der Waals surface area contributed by atoms with Gasteiger partial charge in [0.1, 0.15) is 0 Å². The van der Waals surface area contributed by atoms with Gasteiger partial charge in [-0.05, 0) is 63.8 Å². The van der Waals surface area contributed by atoms with E-state index in [0.29, 0.717) is 50.6 Å². The molecular weight excluding hydrogens is 452 g/mol. The van der Waals surface area contributed by atoms with Crippen molar-refractivity contribution in [3.63, 3.8) is 0 Å². The highest BCUT2D eigenvalue weighted by atomic mass is 32.2. The Morgan fingerprint density at radius 2 is 1.74 bits per heavy atom. The molecule has 8 heteroatoms. The molecule has 1 N–H and O–H groups in total. The van der Waals surface area contributed by atoms with E-state index >= 15 is 0 Å². The molecule has 34 heavy (non-hydrogen) atoms. The molecule has 186 valence electrons. The number of sulfonamides is 1. The van der Waals surface area contributed by atoms with Crippen molar-refractivity contribution in [1.29, 1.82) is 0 Å². The van der Waals surface area contributed by atoms with Gasteiger partial charge < -0.3 is 14.8 Å². The first-order valence-electron chi connectivity index (χ1n) is 12.0. The lowest BCUT2D eigenvalue weighted by molar-refractivity contribution is -0.126. The van der Waals surface area contributed by atoms with E-state index in [0.717, 1.165) is 16.7 Å². The van der Waals surface area contributed by atoms with Crippen molar-refractivity contribution in [3.8, 4) is 11.5 Å². The minimum absolute atomic E-state index is 0.0114. The van der Waals surface area contributed by atoms with Gasteiger partial charge in [-0.15, -0.1) is 0 Å². The number of aryl methyl sites for hydroxylation is 1. The molecule has 7 nitrogen and oxygen atoms in total.